The van der Waals surface area contributed by atoms with E-state index in [9.17, 15) is 4.79 Å². The summed E-state index contributed by atoms with van der Waals surface area (Å²) < 4.78 is 7.34. The number of imidazole rings is 1. The van der Waals surface area contributed by atoms with Crippen LogP contribution in [0.4, 0.5) is 5.82 Å². The molecule has 7 heteroatoms. The lowest BCUT2D eigenvalue weighted by atomic mass is 10.1. The minimum atomic E-state index is -0.142. The normalized spacial score (nSPS) is 11.2. The van der Waals surface area contributed by atoms with Crippen LogP contribution < -0.4 is 5.32 Å². The molecule has 0 saturated carbocycles. The first-order valence-electron chi connectivity index (χ1n) is 8.18. The number of nitrogens with one attached hydrogen (secondary N) is 1. The predicted octanol–water partition coefficient (Wildman–Crippen LogP) is 2.78. The van der Waals surface area contributed by atoms with Crippen LogP contribution in [0.2, 0.25) is 0 Å². The smallest absolute Gasteiger partial charge is 0.227 e. The first-order valence-corrected chi connectivity index (χ1v) is 8.18. The number of amides is 1. The monoisotopic (exact) mass is 339 g/mol. The van der Waals surface area contributed by atoms with Gasteiger partial charge in [0.05, 0.1) is 42.9 Å². The zero-order valence-corrected chi connectivity index (χ0v) is 14.6. The van der Waals surface area contributed by atoms with Crippen LogP contribution in [0.5, 0.6) is 0 Å². The van der Waals surface area contributed by atoms with Gasteiger partial charge in [0.1, 0.15) is 0 Å². The van der Waals surface area contributed by atoms with Crippen molar-refractivity contribution in [3.05, 3.63) is 36.8 Å². The fourth-order valence-corrected chi connectivity index (χ4v) is 2.49. The van der Waals surface area contributed by atoms with E-state index < -0.39 is 0 Å². The van der Waals surface area contributed by atoms with Gasteiger partial charge in [-0.15, -0.1) is 10.2 Å². The molecule has 0 bridgehead atoms. The Hall–Kier alpha value is -2.80. The van der Waals surface area contributed by atoms with Gasteiger partial charge in [0.2, 0.25) is 5.91 Å². The van der Waals surface area contributed by atoms with Gasteiger partial charge in [-0.05, 0) is 32.0 Å². The van der Waals surface area contributed by atoms with E-state index in [0.717, 1.165) is 22.2 Å². The van der Waals surface area contributed by atoms with Gasteiger partial charge >= 0.3 is 0 Å². The number of fused-ring (bicyclic) bond motifs is 1. The summed E-state index contributed by atoms with van der Waals surface area (Å²) in [6.45, 7) is 4.26. The number of anilines is 1. The van der Waals surface area contributed by atoms with Crippen molar-refractivity contribution in [1.29, 1.82) is 0 Å². The Kier molecular flexibility index (Phi) is 5.04. The molecule has 0 atom stereocenters. The van der Waals surface area contributed by atoms with Crippen molar-refractivity contribution in [2.45, 2.75) is 26.4 Å². The molecule has 3 aromatic rings. The Bertz CT molecular complexity index is 888. The number of nitrogens with zero attached hydrogens (tertiary/aromatic N) is 4. The van der Waals surface area contributed by atoms with Crippen LogP contribution in [0, 0.1) is 0 Å². The summed E-state index contributed by atoms with van der Waals surface area (Å²) in [6.07, 6.45) is 3.97. The third kappa shape index (κ3) is 4.19. The lowest BCUT2D eigenvalue weighted by Gasteiger charge is -2.08. The number of benzene rings is 1. The van der Waals surface area contributed by atoms with E-state index in [-0.39, 0.29) is 18.4 Å². The first kappa shape index (κ1) is 17.0. The SMILES string of the molecule is CC(C)OCCC(=O)Nc1cc2cc(-c3cncn3C)ccc2nn1. The molecule has 1 aromatic carbocycles. The number of carbonyl (C=O) groups is 1. The van der Waals surface area contributed by atoms with Crippen LogP contribution in [-0.4, -0.2) is 38.4 Å². The second kappa shape index (κ2) is 7.40. The molecule has 0 fully saturated rings. The molecule has 7 nitrogen and oxygen atoms in total. The summed E-state index contributed by atoms with van der Waals surface area (Å²) in [7, 11) is 1.95. The van der Waals surface area contributed by atoms with Gasteiger partial charge in [-0.2, -0.15) is 0 Å². The minimum Gasteiger partial charge on any atom is -0.378 e. The largest absolute Gasteiger partial charge is 0.378 e. The Morgan fingerprint density at radius 2 is 2.12 bits per heavy atom. The van der Waals surface area contributed by atoms with Gasteiger partial charge in [0, 0.05) is 18.0 Å². The summed E-state index contributed by atoms with van der Waals surface area (Å²) in [5.41, 5.74) is 2.81. The highest BCUT2D eigenvalue weighted by atomic mass is 16.5. The molecule has 1 amide bonds. The lowest BCUT2D eigenvalue weighted by molar-refractivity contribution is -0.117. The number of hydrogen-bond acceptors (Lipinski definition) is 5. The van der Waals surface area contributed by atoms with Crippen LogP contribution in [0.25, 0.3) is 22.2 Å². The van der Waals surface area contributed by atoms with E-state index in [1.807, 2.05) is 55.9 Å². The van der Waals surface area contributed by atoms with Crippen molar-refractivity contribution in [3.63, 3.8) is 0 Å². The van der Waals surface area contributed by atoms with Gasteiger partial charge in [-0.3, -0.25) is 4.79 Å². The van der Waals surface area contributed by atoms with Gasteiger partial charge < -0.3 is 14.6 Å². The molecule has 130 valence electrons. The summed E-state index contributed by atoms with van der Waals surface area (Å²) in [5, 5.41) is 11.9. The number of hydrogen-bond donors (Lipinski definition) is 1. The lowest BCUT2D eigenvalue weighted by Crippen LogP contribution is -2.16. The topological polar surface area (TPSA) is 81.9 Å². The summed E-state index contributed by atoms with van der Waals surface area (Å²) >= 11 is 0. The van der Waals surface area contributed by atoms with Crippen molar-refractivity contribution in [2.24, 2.45) is 7.05 Å². The summed E-state index contributed by atoms with van der Waals surface area (Å²) in [4.78, 5) is 16.1. The standard InChI is InChI=1S/C18H21N5O2/c1-12(2)25-7-6-18(24)20-17-9-14-8-13(4-5-15(14)21-22-17)16-10-19-11-23(16)3/h4-5,8-12H,6-7H2,1-3H3,(H,20,22,24). The maximum Gasteiger partial charge on any atom is 0.227 e. The molecular formula is C18H21N5O2. The molecule has 0 spiro atoms. The van der Waals surface area contributed by atoms with E-state index in [4.69, 9.17) is 4.74 Å². The summed E-state index contributed by atoms with van der Waals surface area (Å²) in [5.74, 6) is 0.293. The number of rotatable bonds is 6. The maximum atomic E-state index is 12.0. The number of ether oxygens (including phenoxy) is 1. The van der Waals surface area contributed by atoms with Crippen LogP contribution in [0.15, 0.2) is 36.8 Å². The summed E-state index contributed by atoms with van der Waals surface area (Å²) in [6, 6.07) is 7.73. The average molecular weight is 339 g/mol. The Morgan fingerprint density at radius 3 is 2.84 bits per heavy atom. The Morgan fingerprint density at radius 1 is 1.28 bits per heavy atom. The highest BCUT2D eigenvalue weighted by Crippen LogP contribution is 2.23. The van der Waals surface area contributed by atoms with Crippen LogP contribution in [0.1, 0.15) is 20.3 Å². The highest BCUT2D eigenvalue weighted by Gasteiger charge is 2.08. The average Bonchev–Trinajstić information content (AvgIpc) is 3.00. The highest BCUT2D eigenvalue weighted by molar-refractivity contribution is 5.92. The van der Waals surface area contributed by atoms with E-state index in [2.05, 4.69) is 20.5 Å². The van der Waals surface area contributed by atoms with Gasteiger partial charge in [-0.1, -0.05) is 6.07 Å². The van der Waals surface area contributed by atoms with E-state index in [1.165, 1.54) is 0 Å². The molecule has 2 aromatic heterocycles. The first-order chi connectivity index (χ1) is 12.0. The fraction of sp³-hybridized carbons (Fsp3) is 0.333. The molecule has 1 N–H and O–H groups in total. The van der Waals surface area contributed by atoms with Crippen LogP contribution >= 0.6 is 0 Å². The molecule has 0 unspecified atom stereocenters. The molecule has 0 radical (unpaired) electrons. The molecule has 0 aliphatic carbocycles. The fourth-order valence-electron chi connectivity index (χ4n) is 2.49. The van der Waals surface area contributed by atoms with Gasteiger partial charge in [0.25, 0.3) is 0 Å². The van der Waals surface area contributed by atoms with Crippen molar-refractivity contribution >= 4 is 22.6 Å². The maximum absolute atomic E-state index is 12.0. The van der Waals surface area contributed by atoms with Gasteiger partial charge in [-0.25, -0.2) is 4.98 Å². The van der Waals surface area contributed by atoms with Crippen LogP contribution in [-0.2, 0) is 16.6 Å². The zero-order valence-electron chi connectivity index (χ0n) is 14.6. The number of carbonyl (C=O) groups excluding carboxylic acids is 1. The molecule has 0 aliphatic heterocycles. The minimum absolute atomic E-state index is 0.110. The predicted molar refractivity (Wildman–Crippen MR) is 96.1 cm³/mol. The Balaban J connectivity index is 1.77. The van der Waals surface area contributed by atoms with Crippen LogP contribution in [0.3, 0.4) is 0 Å². The van der Waals surface area contributed by atoms with E-state index in [1.54, 1.807) is 6.33 Å². The quantitative estimate of drug-likeness (QED) is 0.747. The number of aryl methyl sites for hydroxylation is 1. The third-order valence-corrected chi connectivity index (χ3v) is 3.75. The van der Waals surface area contributed by atoms with Crippen molar-refractivity contribution < 1.29 is 9.53 Å². The molecule has 2 heterocycles. The van der Waals surface area contributed by atoms with Gasteiger partial charge in [0.15, 0.2) is 5.82 Å². The van der Waals surface area contributed by atoms with Crippen molar-refractivity contribution in [2.75, 3.05) is 11.9 Å². The molecule has 0 aliphatic rings. The second-order valence-corrected chi connectivity index (χ2v) is 6.11. The van der Waals surface area contributed by atoms with Crippen molar-refractivity contribution in [1.82, 2.24) is 19.7 Å². The number of aromatic nitrogens is 4. The molecular weight excluding hydrogens is 318 g/mol. The zero-order chi connectivity index (χ0) is 17.8. The molecule has 25 heavy (non-hydrogen) atoms. The molecule has 3 rings (SSSR count). The third-order valence-electron chi connectivity index (χ3n) is 3.75. The van der Waals surface area contributed by atoms with E-state index in [0.29, 0.717) is 12.4 Å². The molecule has 0 saturated heterocycles. The Labute approximate surface area is 146 Å². The van der Waals surface area contributed by atoms with Crippen molar-refractivity contribution in [3.8, 4) is 11.3 Å². The second-order valence-electron chi connectivity index (χ2n) is 6.11. The van der Waals surface area contributed by atoms with E-state index >= 15 is 0 Å².